The molecule has 0 bridgehead atoms. The number of nitrogens with zero attached hydrogens (tertiary/aromatic N) is 2. The van der Waals surface area contributed by atoms with Crippen molar-refractivity contribution in [1.82, 2.24) is 4.90 Å². The molecule has 6 nitrogen and oxygen atoms in total. The van der Waals surface area contributed by atoms with Crippen LogP contribution in [0.1, 0.15) is 38.7 Å². The summed E-state index contributed by atoms with van der Waals surface area (Å²) in [6.45, 7) is 5.24. The number of fused-ring (bicyclic) bond motifs is 2. The highest BCUT2D eigenvalue weighted by Crippen LogP contribution is 2.44. The van der Waals surface area contributed by atoms with Gasteiger partial charge < -0.3 is 15.1 Å². The zero-order valence-electron chi connectivity index (χ0n) is 14.6. The lowest BCUT2D eigenvalue weighted by Gasteiger charge is -2.38. The van der Waals surface area contributed by atoms with E-state index in [0.29, 0.717) is 38.3 Å². The average molecular weight is 341 g/mol. The normalized spacial score (nSPS) is 24.1. The minimum atomic E-state index is -0.504. The molecule has 4 rings (SSSR count). The molecule has 6 heteroatoms. The van der Waals surface area contributed by atoms with Crippen LogP contribution < -0.4 is 5.32 Å². The zero-order valence-corrected chi connectivity index (χ0v) is 14.6. The largest absolute Gasteiger partial charge is 0.382 e. The van der Waals surface area contributed by atoms with Gasteiger partial charge in [0.15, 0.2) is 0 Å². The molecule has 1 fully saturated rings. The van der Waals surface area contributed by atoms with E-state index in [9.17, 15) is 9.59 Å². The SMILES string of the molecule is CC(C)C1=NO[C@H](C(=O)N2CCC3(CC2)C(=O)Nc2ccccc23)C1. The van der Waals surface area contributed by atoms with E-state index < -0.39 is 11.5 Å². The van der Waals surface area contributed by atoms with Crippen LogP contribution in [0.5, 0.6) is 0 Å². The lowest BCUT2D eigenvalue weighted by molar-refractivity contribution is -0.144. The van der Waals surface area contributed by atoms with Crippen LogP contribution >= 0.6 is 0 Å². The van der Waals surface area contributed by atoms with Gasteiger partial charge in [-0.1, -0.05) is 37.2 Å². The molecule has 1 saturated heterocycles. The predicted molar refractivity (Wildman–Crippen MR) is 94.3 cm³/mol. The van der Waals surface area contributed by atoms with Crippen LogP contribution in [0.2, 0.25) is 0 Å². The van der Waals surface area contributed by atoms with Gasteiger partial charge in [0.05, 0.1) is 11.1 Å². The minimum absolute atomic E-state index is 0.0130. The molecular weight excluding hydrogens is 318 g/mol. The summed E-state index contributed by atoms with van der Waals surface area (Å²) in [5.41, 5.74) is 2.41. The fourth-order valence-electron chi connectivity index (χ4n) is 4.05. The van der Waals surface area contributed by atoms with Gasteiger partial charge >= 0.3 is 0 Å². The molecule has 0 aromatic heterocycles. The van der Waals surface area contributed by atoms with Crippen molar-refractivity contribution in [1.29, 1.82) is 0 Å². The van der Waals surface area contributed by atoms with Crippen molar-refractivity contribution in [3.63, 3.8) is 0 Å². The summed E-state index contributed by atoms with van der Waals surface area (Å²) in [4.78, 5) is 32.5. The highest BCUT2D eigenvalue weighted by molar-refractivity contribution is 6.06. The number of oxime groups is 1. The lowest BCUT2D eigenvalue weighted by atomic mass is 9.73. The molecule has 0 radical (unpaired) electrons. The van der Waals surface area contributed by atoms with E-state index in [-0.39, 0.29) is 11.8 Å². The fourth-order valence-corrected chi connectivity index (χ4v) is 4.05. The Bertz CT molecular complexity index is 748. The summed E-state index contributed by atoms with van der Waals surface area (Å²) < 4.78 is 0. The number of rotatable bonds is 2. The summed E-state index contributed by atoms with van der Waals surface area (Å²) >= 11 is 0. The Balaban J connectivity index is 1.44. The van der Waals surface area contributed by atoms with Crippen LogP contribution in [0.3, 0.4) is 0 Å². The molecule has 0 saturated carbocycles. The van der Waals surface area contributed by atoms with Crippen molar-refractivity contribution < 1.29 is 14.4 Å². The molecule has 132 valence electrons. The van der Waals surface area contributed by atoms with Crippen molar-refractivity contribution in [2.24, 2.45) is 11.1 Å². The number of carbonyl (C=O) groups is 2. The maximum atomic E-state index is 12.7. The Labute approximate surface area is 147 Å². The van der Waals surface area contributed by atoms with E-state index in [0.717, 1.165) is 17.0 Å². The molecule has 2 amide bonds. The summed E-state index contributed by atoms with van der Waals surface area (Å²) in [6.07, 6.45) is 1.36. The summed E-state index contributed by atoms with van der Waals surface area (Å²) in [5, 5.41) is 7.04. The van der Waals surface area contributed by atoms with Crippen LogP contribution in [-0.4, -0.2) is 41.6 Å². The molecule has 0 unspecified atom stereocenters. The number of carbonyl (C=O) groups excluding carboxylic acids is 2. The van der Waals surface area contributed by atoms with Gasteiger partial charge in [-0.3, -0.25) is 9.59 Å². The third kappa shape index (κ3) is 2.51. The van der Waals surface area contributed by atoms with Gasteiger partial charge in [-0.15, -0.1) is 0 Å². The highest BCUT2D eigenvalue weighted by atomic mass is 16.6. The number of likely N-dealkylation sites (tertiary alicyclic amines) is 1. The molecule has 1 aromatic carbocycles. The second-order valence-corrected chi connectivity index (χ2v) is 7.44. The summed E-state index contributed by atoms with van der Waals surface area (Å²) in [7, 11) is 0. The Morgan fingerprint density at radius 1 is 1.32 bits per heavy atom. The molecule has 1 aromatic rings. The average Bonchev–Trinajstić information content (AvgIpc) is 3.20. The first-order valence-electron chi connectivity index (χ1n) is 8.93. The van der Waals surface area contributed by atoms with Gasteiger partial charge in [0, 0.05) is 25.2 Å². The van der Waals surface area contributed by atoms with Gasteiger partial charge in [-0.25, -0.2) is 0 Å². The number of nitrogens with one attached hydrogen (secondary N) is 1. The number of benzene rings is 1. The molecular formula is C19H23N3O3. The van der Waals surface area contributed by atoms with E-state index in [2.05, 4.69) is 24.3 Å². The van der Waals surface area contributed by atoms with Crippen molar-refractivity contribution in [2.75, 3.05) is 18.4 Å². The lowest BCUT2D eigenvalue weighted by Crippen LogP contribution is -2.50. The first-order chi connectivity index (χ1) is 12.0. The van der Waals surface area contributed by atoms with Crippen LogP contribution in [0.25, 0.3) is 0 Å². The third-order valence-electron chi connectivity index (χ3n) is 5.69. The molecule has 1 spiro atoms. The van der Waals surface area contributed by atoms with Crippen LogP contribution in [0.4, 0.5) is 5.69 Å². The van der Waals surface area contributed by atoms with Crippen molar-refractivity contribution in [2.45, 2.75) is 44.6 Å². The molecule has 3 aliphatic rings. The Hall–Kier alpha value is -2.37. The van der Waals surface area contributed by atoms with Gasteiger partial charge in [0.25, 0.3) is 5.91 Å². The molecule has 3 aliphatic heterocycles. The zero-order chi connectivity index (χ0) is 17.6. The van der Waals surface area contributed by atoms with Crippen LogP contribution in [0, 0.1) is 5.92 Å². The number of amides is 2. The first-order valence-corrected chi connectivity index (χ1v) is 8.93. The molecule has 3 heterocycles. The van der Waals surface area contributed by atoms with E-state index in [1.54, 1.807) is 0 Å². The predicted octanol–water partition coefficient (Wildman–Crippen LogP) is 2.30. The van der Waals surface area contributed by atoms with E-state index in [4.69, 9.17) is 4.84 Å². The summed E-state index contributed by atoms with van der Waals surface area (Å²) in [6, 6.07) is 7.86. The quantitative estimate of drug-likeness (QED) is 0.897. The van der Waals surface area contributed by atoms with Crippen LogP contribution in [-0.2, 0) is 19.8 Å². The first kappa shape index (κ1) is 16.1. The minimum Gasteiger partial charge on any atom is -0.382 e. The Kier molecular flexibility index (Phi) is 3.78. The topological polar surface area (TPSA) is 71.0 Å². The maximum Gasteiger partial charge on any atom is 0.266 e. The fraction of sp³-hybridized carbons (Fsp3) is 0.526. The van der Waals surface area contributed by atoms with Gasteiger partial charge in [-0.2, -0.15) is 0 Å². The number of hydrogen-bond acceptors (Lipinski definition) is 4. The van der Waals surface area contributed by atoms with Crippen LogP contribution in [0.15, 0.2) is 29.4 Å². The number of para-hydroxylation sites is 1. The number of hydrogen-bond donors (Lipinski definition) is 1. The Morgan fingerprint density at radius 3 is 2.72 bits per heavy atom. The van der Waals surface area contributed by atoms with E-state index in [1.165, 1.54) is 0 Å². The summed E-state index contributed by atoms with van der Waals surface area (Å²) in [5.74, 6) is 0.338. The molecule has 0 aliphatic carbocycles. The van der Waals surface area contributed by atoms with Gasteiger partial charge in [-0.05, 0) is 30.4 Å². The monoisotopic (exact) mass is 341 g/mol. The van der Waals surface area contributed by atoms with E-state index >= 15 is 0 Å². The second-order valence-electron chi connectivity index (χ2n) is 7.44. The third-order valence-corrected chi connectivity index (χ3v) is 5.69. The van der Waals surface area contributed by atoms with Gasteiger partial charge in [0.2, 0.25) is 12.0 Å². The molecule has 1 N–H and O–H groups in total. The smallest absolute Gasteiger partial charge is 0.266 e. The second kappa shape index (κ2) is 5.86. The Morgan fingerprint density at radius 2 is 2.04 bits per heavy atom. The number of piperidine rings is 1. The van der Waals surface area contributed by atoms with Gasteiger partial charge in [0.1, 0.15) is 0 Å². The standard InChI is InChI=1S/C19H23N3O3/c1-12(2)15-11-16(25-21-15)17(23)22-9-7-19(8-10-22)13-5-3-4-6-14(13)20-18(19)24/h3-6,12,16H,7-11H2,1-2H3,(H,20,24)/t16-/m0/s1. The highest BCUT2D eigenvalue weighted by Gasteiger charge is 2.49. The maximum absolute atomic E-state index is 12.7. The van der Waals surface area contributed by atoms with Crippen molar-refractivity contribution in [3.05, 3.63) is 29.8 Å². The van der Waals surface area contributed by atoms with Crippen molar-refractivity contribution in [3.8, 4) is 0 Å². The number of anilines is 1. The molecule has 1 atom stereocenters. The molecule has 25 heavy (non-hydrogen) atoms. The van der Waals surface area contributed by atoms with E-state index in [1.807, 2.05) is 29.2 Å². The van der Waals surface area contributed by atoms with Crippen molar-refractivity contribution >= 4 is 23.2 Å².